The molecule has 0 atom stereocenters. The van der Waals surface area contributed by atoms with Gasteiger partial charge < -0.3 is 15.7 Å². The molecule has 0 saturated heterocycles. The molecule has 2 rings (SSSR count). The summed E-state index contributed by atoms with van der Waals surface area (Å²) in [4.78, 5) is 12.9. The summed E-state index contributed by atoms with van der Waals surface area (Å²) in [5.41, 5.74) is -0.558. The number of aromatic nitrogens is 1. The quantitative estimate of drug-likeness (QED) is 0.316. The highest BCUT2D eigenvalue weighted by molar-refractivity contribution is 6.31. The Morgan fingerprint density at radius 3 is 2.47 bits per heavy atom. The van der Waals surface area contributed by atoms with Crippen molar-refractivity contribution in [1.82, 2.24) is 10.3 Å². The van der Waals surface area contributed by atoms with Crippen molar-refractivity contribution < 1.29 is 18.3 Å². The number of nitrogens with one attached hydrogen (secondary N) is 2. The largest absolute Gasteiger partial charge is 0.389 e. The van der Waals surface area contributed by atoms with E-state index in [1.54, 1.807) is 32.9 Å². The fourth-order valence-electron chi connectivity index (χ4n) is 2.70. The van der Waals surface area contributed by atoms with E-state index in [0.717, 1.165) is 13.0 Å². The summed E-state index contributed by atoms with van der Waals surface area (Å²) in [6.07, 6.45) is 2.42. The Hall–Kier alpha value is -2.91. The van der Waals surface area contributed by atoms with E-state index in [2.05, 4.69) is 25.6 Å². The van der Waals surface area contributed by atoms with E-state index in [9.17, 15) is 18.3 Å². The van der Waals surface area contributed by atoms with Crippen molar-refractivity contribution in [2.24, 2.45) is 9.98 Å². The number of hydrogen-bond donors (Lipinski definition) is 3. The van der Waals surface area contributed by atoms with Crippen LogP contribution in [0, 0.1) is 5.82 Å². The summed E-state index contributed by atoms with van der Waals surface area (Å²) in [5.74, 6) is -3.22. The first-order chi connectivity index (χ1) is 15.8. The highest BCUT2D eigenvalue weighted by atomic mass is 35.5. The van der Waals surface area contributed by atoms with Crippen LogP contribution in [0.2, 0.25) is 5.02 Å². The lowest BCUT2D eigenvalue weighted by Crippen LogP contribution is -2.34. The van der Waals surface area contributed by atoms with Gasteiger partial charge in [-0.15, -0.1) is 0 Å². The first-order valence-corrected chi connectivity index (χ1v) is 11.0. The number of guanidine groups is 1. The van der Waals surface area contributed by atoms with Crippen molar-refractivity contribution in [1.29, 1.82) is 0 Å². The van der Waals surface area contributed by atoms with Crippen molar-refractivity contribution >= 4 is 29.0 Å². The van der Waals surface area contributed by atoms with Gasteiger partial charge in [0.2, 0.25) is 5.96 Å². The zero-order chi connectivity index (χ0) is 25.5. The van der Waals surface area contributed by atoms with Gasteiger partial charge in [0.1, 0.15) is 17.3 Å². The van der Waals surface area contributed by atoms with Crippen LogP contribution in [0.15, 0.2) is 58.3 Å². The van der Waals surface area contributed by atoms with Gasteiger partial charge in [-0.05, 0) is 63.6 Å². The van der Waals surface area contributed by atoms with Crippen LogP contribution in [-0.2, 0) is 5.92 Å². The van der Waals surface area contributed by atoms with Crippen molar-refractivity contribution in [3.63, 3.8) is 0 Å². The molecule has 0 radical (unpaired) electrons. The molecule has 0 unspecified atom stereocenters. The maximum atomic E-state index is 13.9. The molecule has 0 aliphatic carbocycles. The zero-order valence-electron chi connectivity index (χ0n) is 19.8. The highest BCUT2D eigenvalue weighted by Crippen LogP contribution is 2.25. The number of anilines is 1. The molecule has 2 aromatic rings. The minimum absolute atomic E-state index is 0.0394. The Labute approximate surface area is 202 Å². The molecule has 0 amide bonds. The van der Waals surface area contributed by atoms with Gasteiger partial charge >= 0.3 is 0 Å². The number of allylic oxidation sites excluding steroid dienone is 1. The van der Waals surface area contributed by atoms with Gasteiger partial charge in [-0.2, -0.15) is 13.8 Å². The topological polar surface area (TPSA) is 81.9 Å². The monoisotopic (exact) mass is 495 g/mol. The minimum atomic E-state index is -3.11. The van der Waals surface area contributed by atoms with E-state index in [0.29, 0.717) is 23.6 Å². The highest BCUT2D eigenvalue weighted by Gasteiger charge is 2.26. The number of alkyl halides is 2. The van der Waals surface area contributed by atoms with E-state index in [4.69, 9.17) is 11.6 Å². The van der Waals surface area contributed by atoms with Gasteiger partial charge in [0.05, 0.1) is 17.0 Å². The van der Waals surface area contributed by atoms with Crippen molar-refractivity contribution in [3.8, 4) is 0 Å². The van der Waals surface area contributed by atoms with Crippen LogP contribution >= 0.6 is 11.6 Å². The van der Waals surface area contributed by atoms with E-state index < -0.39 is 17.3 Å². The van der Waals surface area contributed by atoms with Crippen LogP contribution in [-0.4, -0.2) is 33.9 Å². The number of rotatable bonds is 8. The van der Waals surface area contributed by atoms with Crippen LogP contribution in [0.1, 0.15) is 52.4 Å². The summed E-state index contributed by atoms with van der Waals surface area (Å²) in [6.45, 7) is 7.78. The van der Waals surface area contributed by atoms with Crippen LogP contribution in [0.4, 0.5) is 18.9 Å². The summed E-state index contributed by atoms with van der Waals surface area (Å²) in [5, 5.41) is 16.2. The van der Waals surface area contributed by atoms with Crippen LogP contribution < -0.4 is 10.6 Å². The van der Waals surface area contributed by atoms with Crippen LogP contribution in [0.25, 0.3) is 0 Å². The maximum Gasteiger partial charge on any atom is 0.286 e. The molecule has 0 aliphatic heterocycles. The summed E-state index contributed by atoms with van der Waals surface area (Å²) in [7, 11) is 0. The molecule has 0 bridgehead atoms. The second kappa shape index (κ2) is 11.5. The SMILES string of the molecule is CC/C=C(/N=C(\N=C(/C)c1cccc(C(C)(F)F)n1)Nc1cc(F)cc(Cl)c1)NCC(C)(C)O. The van der Waals surface area contributed by atoms with Crippen molar-refractivity contribution in [3.05, 3.63) is 70.5 Å². The maximum absolute atomic E-state index is 13.9. The van der Waals surface area contributed by atoms with Gasteiger partial charge in [-0.25, -0.2) is 14.4 Å². The second-order valence-corrected chi connectivity index (χ2v) is 8.81. The molecule has 3 N–H and O–H groups in total. The number of halogens is 4. The molecule has 0 aliphatic rings. The van der Waals surface area contributed by atoms with E-state index in [-0.39, 0.29) is 28.9 Å². The number of aliphatic imine (C=N–C) groups is 2. The Bertz CT molecular complexity index is 1070. The van der Waals surface area contributed by atoms with Gasteiger partial charge in [0.15, 0.2) is 0 Å². The van der Waals surface area contributed by atoms with Gasteiger partial charge in [-0.1, -0.05) is 24.6 Å². The van der Waals surface area contributed by atoms with E-state index >= 15 is 0 Å². The average Bonchev–Trinajstić information content (AvgIpc) is 2.70. The Balaban J connectivity index is 2.51. The summed E-state index contributed by atoms with van der Waals surface area (Å²) >= 11 is 5.96. The van der Waals surface area contributed by atoms with Gasteiger partial charge in [0, 0.05) is 24.2 Å². The summed E-state index contributed by atoms with van der Waals surface area (Å²) in [6, 6.07) is 8.14. The molecule has 1 heterocycles. The predicted molar refractivity (Wildman–Crippen MR) is 131 cm³/mol. The number of nitrogens with zero attached hydrogens (tertiary/aromatic N) is 3. The molecule has 0 spiro atoms. The Kier molecular flexibility index (Phi) is 9.23. The van der Waals surface area contributed by atoms with E-state index in [1.807, 2.05) is 6.92 Å². The molecular weight excluding hydrogens is 467 g/mol. The molecular formula is C24H29ClF3N5O. The minimum Gasteiger partial charge on any atom is -0.389 e. The Morgan fingerprint density at radius 2 is 1.88 bits per heavy atom. The van der Waals surface area contributed by atoms with E-state index in [1.165, 1.54) is 24.3 Å². The zero-order valence-corrected chi connectivity index (χ0v) is 20.5. The molecule has 0 fully saturated rings. The molecule has 1 aromatic heterocycles. The fourth-order valence-corrected chi connectivity index (χ4v) is 2.93. The molecule has 1 aromatic carbocycles. The van der Waals surface area contributed by atoms with Crippen LogP contribution in [0.5, 0.6) is 0 Å². The molecule has 34 heavy (non-hydrogen) atoms. The average molecular weight is 496 g/mol. The lowest BCUT2D eigenvalue weighted by atomic mass is 10.1. The lowest BCUT2D eigenvalue weighted by Gasteiger charge is -2.19. The third-order valence-electron chi connectivity index (χ3n) is 4.29. The third kappa shape index (κ3) is 9.15. The van der Waals surface area contributed by atoms with Crippen molar-refractivity contribution in [2.45, 2.75) is 52.6 Å². The molecule has 184 valence electrons. The Morgan fingerprint density at radius 1 is 1.18 bits per heavy atom. The number of hydrogen-bond acceptors (Lipinski definition) is 4. The number of pyridine rings is 1. The standard InChI is InChI=1S/C24H29ClF3N5O/c1-6-8-21(29-14-23(3,4)34)33-22(31-18-12-16(25)11-17(26)13-18)30-15(2)19-9-7-10-20(32-19)24(5,27)28/h7-13,29,34H,6,14H2,1-5H3,(H,31,33)/b21-8+,30-15+. The number of aliphatic hydroxyl groups is 1. The molecule has 10 heteroatoms. The predicted octanol–water partition coefficient (Wildman–Crippen LogP) is 5.87. The third-order valence-corrected chi connectivity index (χ3v) is 4.51. The first-order valence-electron chi connectivity index (χ1n) is 10.7. The normalized spacial score (nSPS) is 13.8. The first kappa shape index (κ1) is 27.3. The smallest absolute Gasteiger partial charge is 0.286 e. The van der Waals surface area contributed by atoms with Crippen LogP contribution in [0.3, 0.4) is 0 Å². The number of benzene rings is 1. The summed E-state index contributed by atoms with van der Waals surface area (Å²) < 4.78 is 41.3. The molecule has 0 saturated carbocycles. The van der Waals surface area contributed by atoms with Crippen molar-refractivity contribution in [2.75, 3.05) is 11.9 Å². The van der Waals surface area contributed by atoms with Gasteiger partial charge in [0.25, 0.3) is 5.92 Å². The lowest BCUT2D eigenvalue weighted by molar-refractivity contribution is 0.0127. The second-order valence-electron chi connectivity index (χ2n) is 8.38. The van der Waals surface area contributed by atoms with Gasteiger partial charge in [-0.3, -0.25) is 0 Å². The molecule has 6 nitrogen and oxygen atoms in total. The fraction of sp³-hybridized carbons (Fsp3) is 0.375.